The Hall–Kier alpha value is -1.70. The van der Waals surface area contributed by atoms with Crippen LogP contribution < -0.4 is 10.1 Å². The largest absolute Gasteiger partial charge is 0.481 e. The molecule has 0 saturated carbocycles. The number of benzene rings is 1. The van der Waals surface area contributed by atoms with E-state index in [2.05, 4.69) is 10.3 Å². The minimum absolute atomic E-state index is 0.0715. The van der Waals surface area contributed by atoms with Crippen molar-refractivity contribution in [3.8, 4) is 5.88 Å². The van der Waals surface area contributed by atoms with E-state index in [1.165, 1.54) is 7.11 Å². The third-order valence-electron chi connectivity index (χ3n) is 3.95. The molecule has 3 rings (SSSR count). The average molecular weight is 321 g/mol. The Morgan fingerprint density at radius 3 is 2.86 bits per heavy atom. The van der Waals surface area contributed by atoms with E-state index < -0.39 is 10.0 Å². The molecule has 6 nitrogen and oxygen atoms in total. The third kappa shape index (κ3) is 2.45. The van der Waals surface area contributed by atoms with Gasteiger partial charge in [0.2, 0.25) is 15.9 Å². The highest BCUT2D eigenvalue weighted by Crippen LogP contribution is 2.30. The lowest BCUT2D eigenvalue weighted by Crippen LogP contribution is -2.52. The van der Waals surface area contributed by atoms with Crippen molar-refractivity contribution in [2.45, 2.75) is 17.9 Å². The van der Waals surface area contributed by atoms with Crippen molar-refractivity contribution >= 4 is 20.8 Å². The van der Waals surface area contributed by atoms with Crippen LogP contribution in [0.3, 0.4) is 0 Å². The van der Waals surface area contributed by atoms with E-state index in [-0.39, 0.29) is 6.04 Å². The van der Waals surface area contributed by atoms with Crippen LogP contribution in [0.5, 0.6) is 5.88 Å². The van der Waals surface area contributed by atoms with Crippen LogP contribution in [0.15, 0.2) is 35.4 Å². The third-order valence-corrected chi connectivity index (χ3v) is 6.02. The van der Waals surface area contributed by atoms with E-state index in [0.717, 1.165) is 0 Å². The first-order chi connectivity index (χ1) is 10.6. The zero-order valence-electron chi connectivity index (χ0n) is 12.6. The van der Waals surface area contributed by atoms with Crippen molar-refractivity contribution in [1.29, 1.82) is 0 Å². The number of ether oxygens (including phenoxy) is 1. The summed E-state index contributed by atoms with van der Waals surface area (Å²) in [6.07, 6.45) is 1.57. The van der Waals surface area contributed by atoms with Crippen LogP contribution in [-0.2, 0) is 10.0 Å². The van der Waals surface area contributed by atoms with Crippen molar-refractivity contribution < 1.29 is 13.2 Å². The molecule has 1 aliphatic rings. The number of sulfonamides is 1. The van der Waals surface area contributed by atoms with Gasteiger partial charge in [-0.15, -0.1) is 0 Å². The number of hydrogen-bond donors (Lipinski definition) is 1. The first-order valence-electron chi connectivity index (χ1n) is 7.20. The van der Waals surface area contributed by atoms with Gasteiger partial charge in [0.05, 0.1) is 12.0 Å². The van der Waals surface area contributed by atoms with Gasteiger partial charge in [-0.1, -0.05) is 6.07 Å². The molecule has 2 heterocycles. The standard InChI is InChI=1S/C15H19N3O3S/c1-11-10-16-8-9-18(11)22(19,20)14-5-3-4-13-12(14)6-7-17-15(13)21-2/h3-7,11,16H,8-10H2,1-2H3/t11-/m1/s1. The molecule has 0 unspecified atom stereocenters. The zero-order chi connectivity index (χ0) is 15.7. The summed E-state index contributed by atoms with van der Waals surface area (Å²) in [6.45, 7) is 3.72. The number of nitrogens with one attached hydrogen (secondary N) is 1. The molecule has 1 fully saturated rings. The fourth-order valence-corrected chi connectivity index (χ4v) is 4.68. The second kappa shape index (κ2) is 5.83. The van der Waals surface area contributed by atoms with Gasteiger partial charge in [-0.05, 0) is 25.1 Å². The Bertz CT molecular complexity index is 792. The summed E-state index contributed by atoms with van der Waals surface area (Å²) in [4.78, 5) is 4.44. The highest BCUT2D eigenvalue weighted by atomic mass is 32.2. The number of nitrogens with zero attached hydrogens (tertiary/aromatic N) is 2. The first-order valence-corrected chi connectivity index (χ1v) is 8.64. The lowest BCUT2D eigenvalue weighted by Gasteiger charge is -2.33. The normalized spacial score (nSPS) is 20.2. The lowest BCUT2D eigenvalue weighted by molar-refractivity contribution is 0.284. The van der Waals surface area contributed by atoms with Gasteiger partial charge in [0.1, 0.15) is 0 Å². The van der Waals surface area contributed by atoms with Crippen molar-refractivity contribution in [2.24, 2.45) is 0 Å². The molecule has 1 aliphatic heterocycles. The number of pyridine rings is 1. The smallest absolute Gasteiger partial charge is 0.244 e. The molecule has 1 N–H and O–H groups in total. The van der Waals surface area contributed by atoms with Crippen molar-refractivity contribution in [1.82, 2.24) is 14.6 Å². The number of rotatable bonds is 3. The Labute approximate surface area is 130 Å². The van der Waals surface area contributed by atoms with Gasteiger partial charge < -0.3 is 10.1 Å². The van der Waals surface area contributed by atoms with Crippen LogP contribution in [0, 0.1) is 0 Å². The molecule has 0 bridgehead atoms. The maximum Gasteiger partial charge on any atom is 0.244 e. The van der Waals surface area contributed by atoms with E-state index >= 15 is 0 Å². The van der Waals surface area contributed by atoms with E-state index in [9.17, 15) is 8.42 Å². The Morgan fingerprint density at radius 1 is 1.32 bits per heavy atom. The van der Waals surface area contributed by atoms with Gasteiger partial charge >= 0.3 is 0 Å². The molecular weight excluding hydrogens is 302 g/mol. The van der Waals surface area contributed by atoms with Gasteiger partial charge in [0.25, 0.3) is 0 Å². The van der Waals surface area contributed by atoms with Gasteiger partial charge in [-0.25, -0.2) is 13.4 Å². The van der Waals surface area contributed by atoms with Crippen LogP contribution in [0.1, 0.15) is 6.92 Å². The monoisotopic (exact) mass is 321 g/mol. The molecule has 0 aliphatic carbocycles. The van der Waals surface area contributed by atoms with E-state index in [0.29, 0.717) is 41.2 Å². The Kier molecular flexibility index (Phi) is 4.03. The summed E-state index contributed by atoms with van der Waals surface area (Å²) < 4.78 is 32.9. The molecule has 2 aromatic rings. The molecule has 1 saturated heterocycles. The predicted molar refractivity (Wildman–Crippen MR) is 84.5 cm³/mol. The van der Waals surface area contributed by atoms with E-state index in [1.54, 1.807) is 28.7 Å². The Morgan fingerprint density at radius 2 is 2.14 bits per heavy atom. The maximum absolute atomic E-state index is 13.0. The first kappa shape index (κ1) is 15.2. The topological polar surface area (TPSA) is 71.5 Å². The van der Waals surface area contributed by atoms with Crippen molar-refractivity contribution in [3.63, 3.8) is 0 Å². The molecule has 1 atom stereocenters. The van der Waals surface area contributed by atoms with Gasteiger partial charge in [-0.2, -0.15) is 4.31 Å². The number of methoxy groups -OCH3 is 1. The van der Waals surface area contributed by atoms with Crippen LogP contribution in [0.25, 0.3) is 10.8 Å². The molecule has 22 heavy (non-hydrogen) atoms. The summed E-state index contributed by atoms with van der Waals surface area (Å²) in [5, 5.41) is 4.55. The minimum atomic E-state index is -3.55. The highest BCUT2D eigenvalue weighted by Gasteiger charge is 2.32. The molecule has 0 radical (unpaired) electrons. The van der Waals surface area contributed by atoms with Crippen LogP contribution in [0.4, 0.5) is 0 Å². The van der Waals surface area contributed by atoms with Crippen LogP contribution in [-0.4, -0.2) is 50.5 Å². The second-order valence-electron chi connectivity index (χ2n) is 5.34. The quantitative estimate of drug-likeness (QED) is 0.920. The van der Waals surface area contributed by atoms with Gasteiger partial charge in [-0.3, -0.25) is 0 Å². The molecular formula is C15H19N3O3S. The van der Waals surface area contributed by atoms with E-state index in [4.69, 9.17) is 4.74 Å². The fourth-order valence-electron chi connectivity index (χ4n) is 2.84. The fraction of sp³-hybridized carbons (Fsp3) is 0.400. The van der Waals surface area contributed by atoms with Crippen LogP contribution in [0.2, 0.25) is 0 Å². The maximum atomic E-state index is 13.0. The number of hydrogen-bond acceptors (Lipinski definition) is 5. The van der Waals surface area contributed by atoms with Crippen molar-refractivity contribution in [3.05, 3.63) is 30.5 Å². The summed E-state index contributed by atoms with van der Waals surface area (Å²) >= 11 is 0. The van der Waals surface area contributed by atoms with Crippen molar-refractivity contribution in [2.75, 3.05) is 26.7 Å². The summed E-state index contributed by atoms with van der Waals surface area (Å²) in [7, 11) is -2.02. The molecule has 0 spiro atoms. The molecule has 1 aromatic carbocycles. The summed E-state index contributed by atoms with van der Waals surface area (Å²) in [5.74, 6) is 0.433. The number of piperazine rings is 1. The molecule has 118 valence electrons. The van der Waals surface area contributed by atoms with Gasteiger partial charge in [0.15, 0.2) is 0 Å². The average Bonchev–Trinajstić information content (AvgIpc) is 2.53. The SMILES string of the molecule is COc1nccc2c(S(=O)(=O)N3CCNC[C@H]3C)cccc12. The lowest BCUT2D eigenvalue weighted by atomic mass is 10.2. The summed E-state index contributed by atoms with van der Waals surface area (Å²) in [6, 6.07) is 6.84. The van der Waals surface area contributed by atoms with E-state index in [1.807, 2.05) is 13.0 Å². The second-order valence-corrected chi connectivity index (χ2v) is 7.20. The molecule has 7 heteroatoms. The molecule has 1 aromatic heterocycles. The number of fused-ring (bicyclic) bond motifs is 1. The van der Waals surface area contributed by atoms with Crippen LogP contribution >= 0.6 is 0 Å². The van der Waals surface area contributed by atoms with Gasteiger partial charge in [0, 0.05) is 42.6 Å². The summed E-state index contributed by atoms with van der Waals surface area (Å²) in [5.41, 5.74) is 0. The molecule has 0 amide bonds. The number of aromatic nitrogens is 1. The highest BCUT2D eigenvalue weighted by molar-refractivity contribution is 7.89. The zero-order valence-corrected chi connectivity index (χ0v) is 13.4. The predicted octanol–water partition coefficient (Wildman–Crippen LogP) is 1.23. The Balaban J connectivity index is 2.17. The minimum Gasteiger partial charge on any atom is -0.481 e.